The van der Waals surface area contributed by atoms with Crippen LogP contribution in [0.15, 0.2) is 18.2 Å². The first-order chi connectivity index (χ1) is 13.3. The molecule has 0 unspecified atom stereocenters. The standard InChI is InChI=1S/C19H21ClN4O4/c1-2-3-7-24-16(26)13-11(8-12(21)25)23-19(14(13)17(24)27)9-5-4-6-10(20)15(9)22-18(19)28/h4-6,11,13-14,23H,2-3,7-8H2,1H3,(H2,21,25)(H,22,28)/t11-,13+,14-,19-/m0/s1. The highest BCUT2D eigenvalue weighted by Crippen LogP contribution is 2.54. The molecule has 4 amide bonds. The minimum atomic E-state index is -1.45. The third-order valence-corrected chi connectivity index (χ3v) is 6.26. The number of imide groups is 1. The van der Waals surface area contributed by atoms with Gasteiger partial charge in [0.2, 0.25) is 23.6 Å². The quantitative estimate of drug-likeness (QED) is 0.625. The summed E-state index contributed by atoms with van der Waals surface area (Å²) in [6, 6.07) is 4.34. The van der Waals surface area contributed by atoms with Crippen LogP contribution in [0.4, 0.5) is 5.69 Å². The normalized spacial score (nSPS) is 30.7. The van der Waals surface area contributed by atoms with Crippen molar-refractivity contribution in [3.05, 3.63) is 28.8 Å². The van der Waals surface area contributed by atoms with Crippen LogP contribution in [-0.2, 0) is 24.7 Å². The number of halogens is 1. The van der Waals surface area contributed by atoms with E-state index >= 15 is 0 Å². The summed E-state index contributed by atoms with van der Waals surface area (Å²) in [5.74, 6) is -3.58. The molecule has 4 N–H and O–H groups in total. The van der Waals surface area contributed by atoms with Crippen molar-refractivity contribution in [2.75, 3.05) is 11.9 Å². The molecule has 2 saturated heterocycles. The third-order valence-electron chi connectivity index (χ3n) is 5.95. The number of carbonyl (C=O) groups is 4. The van der Waals surface area contributed by atoms with E-state index in [9.17, 15) is 19.2 Å². The Bertz CT molecular complexity index is 904. The van der Waals surface area contributed by atoms with Crippen molar-refractivity contribution >= 4 is 40.9 Å². The Labute approximate surface area is 166 Å². The molecule has 8 nitrogen and oxygen atoms in total. The monoisotopic (exact) mass is 404 g/mol. The van der Waals surface area contributed by atoms with Gasteiger partial charge in [0.1, 0.15) is 5.54 Å². The molecule has 1 aromatic rings. The van der Waals surface area contributed by atoms with Gasteiger partial charge in [0.15, 0.2) is 0 Å². The second kappa shape index (κ2) is 6.56. The summed E-state index contributed by atoms with van der Waals surface area (Å²) in [5, 5.41) is 6.22. The van der Waals surface area contributed by atoms with Crippen LogP contribution in [0.25, 0.3) is 0 Å². The summed E-state index contributed by atoms with van der Waals surface area (Å²) in [5.41, 5.74) is 4.88. The number of nitrogens with zero attached hydrogens (tertiary/aromatic N) is 1. The number of fused-ring (bicyclic) bond motifs is 4. The van der Waals surface area contributed by atoms with E-state index in [0.29, 0.717) is 29.2 Å². The van der Waals surface area contributed by atoms with Crippen molar-refractivity contribution < 1.29 is 19.2 Å². The summed E-state index contributed by atoms with van der Waals surface area (Å²) >= 11 is 6.24. The van der Waals surface area contributed by atoms with Gasteiger partial charge in [-0.05, 0) is 12.5 Å². The van der Waals surface area contributed by atoms with Crippen LogP contribution >= 0.6 is 11.6 Å². The van der Waals surface area contributed by atoms with Crippen LogP contribution in [0.2, 0.25) is 5.02 Å². The fourth-order valence-electron chi connectivity index (χ4n) is 4.78. The first-order valence-corrected chi connectivity index (χ1v) is 9.72. The summed E-state index contributed by atoms with van der Waals surface area (Å²) in [6.45, 7) is 2.26. The molecule has 3 aliphatic rings. The zero-order valence-electron chi connectivity index (χ0n) is 15.3. The maximum atomic E-state index is 13.3. The summed E-state index contributed by atoms with van der Waals surface area (Å²) in [4.78, 5) is 52.3. The largest absolute Gasteiger partial charge is 0.370 e. The van der Waals surface area contributed by atoms with E-state index in [0.717, 1.165) is 6.42 Å². The van der Waals surface area contributed by atoms with E-state index < -0.39 is 41.1 Å². The van der Waals surface area contributed by atoms with Crippen LogP contribution in [0.3, 0.4) is 0 Å². The van der Waals surface area contributed by atoms with Gasteiger partial charge < -0.3 is 11.1 Å². The molecular weight excluding hydrogens is 384 g/mol. The van der Waals surface area contributed by atoms with Crippen LogP contribution < -0.4 is 16.4 Å². The number of carbonyl (C=O) groups excluding carboxylic acids is 4. The average Bonchev–Trinajstić information content (AvgIpc) is 3.20. The smallest absolute Gasteiger partial charge is 0.250 e. The number of anilines is 1. The van der Waals surface area contributed by atoms with Gasteiger partial charge in [-0.25, -0.2) is 0 Å². The van der Waals surface area contributed by atoms with Crippen molar-refractivity contribution in [3.8, 4) is 0 Å². The first-order valence-electron chi connectivity index (χ1n) is 9.34. The number of amides is 4. The lowest BCUT2D eigenvalue weighted by Crippen LogP contribution is -2.53. The number of nitrogens with two attached hydrogens (primary N) is 1. The molecule has 2 fully saturated rings. The predicted octanol–water partition coefficient (Wildman–Crippen LogP) is 0.736. The number of likely N-dealkylation sites (tertiary alicyclic amines) is 1. The Balaban J connectivity index is 1.85. The van der Waals surface area contributed by atoms with Gasteiger partial charge in [0.25, 0.3) is 0 Å². The minimum Gasteiger partial charge on any atom is -0.370 e. The number of nitrogens with one attached hydrogen (secondary N) is 2. The van der Waals surface area contributed by atoms with Crippen molar-refractivity contribution in [3.63, 3.8) is 0 Å². The van der Waals surface area contributed by atoms with Gasteiger partial charge >= 0.3 is 0 Å². The topological polar surface area (TPSA) is 122 Å². The number of hydrogen-bond acceptors (Lipinski definition) is 5. The Morgan fingerprint density at radius 3 is 2.71 bits per heavy atom. The molecule has 28 heavy (non-hydrogen) atoms. The summed E-state index contributed by atoms with van der Waals surface area (Å²) in [6.07, 6.45) is 1.35. The van der Waals surface area contributed by atoms with E-state index in [1.807, 2.05) is 6.92 Å². The molecular formula is C19H21ClN4O4. The van der Waals surface area contributed by atoms with Crippen molar-refractivity contribution in [2.24, 2.45) is 17.6 Å². The molecule has 0 aromatic heterocycles. The van der Waals surface area contributed by atoms with Crippen LogP contribution in [-0.4, -0.2) is 41.1 Å². The van der Waals surface area contributed by atoms with Gasteiger partial charge in [0, 0.05) is 24.6 Å². The van der Waals surface area contributed by atoms with Crippen LogP contribution in [0.1, 0.15) is 31.7 Å². The molecule has 4 atom stereocenters. The average molecular weight is 405 g/mol. The number of unbranched alkanes of at least 4 members (excludes halogenated alkanes) is 1. The SMILES string of the molecule is CCCCN1C(=O)[C@@H]2[C@H](CC(N)=O)N[C@]3(C(=O)Nc4c(Cl)cccc43)[C@@H]2C1=O. The lowest BCUT2D eigenvalue weighted by atomic mass is 9.76. The fourth-order valence-corrected chi connectivity index (χ4v) is 5.00. The van der Waals surface area contributed by atoms with Gasteiger partial charge in [-0.1, -0.05) is 37.1 Å². The fraction of sp³-hybridized carbons (Fsp3) is 0.474. The Morgan fingerprint density at radius 2 is 2.04 bits per heavy atom. The zero-order valence-corrected chi connectivity index (χ0v) is 16.1. The molecule has 4 rings (SSSR count). The lowest BCUT2D eigenvalue weighted by molar-refractivity contribution is -0.142. The molecule has 0 saturated carbocycles. The number of hydrogen-bond donors (Lipinski definition) is 3. The minimum absolute atomic E-state index is 0.146. The Kier molecular flexibility index (Phi) is 4.43. The molecule has 0 radical (unpaired) electrons. The lowest BCUT2D eigenvalue weighted by Gasteiger charge is -2.29. The van der Waals surface area contributed by atoms with Crippen molar-refractivity contribution in [1.29, 1.82) is 0 Å². The van der Waals surface area contributed by atoms with Crippen molar-refractivity contribution in [2.45, 2.75) is 37.8 Å². The molecule has 0 bridgehead atoms. The maximum Gasteiger partial charge on any atom is 0.250 e. The highest BCUT2D eigenvalue weighted by atomic mass is 35.5. The molecule has 3 aliphatic heterocycles. The van der Waals surface area contributed by atoms with Gasteiger partial charge in [-0.2, -0.15) is 0 Å². The van der Waals surface area contributed by atoms with E-state index in [-0.39, 0.29) is 12.3 Å². The number of rotatable bonds is 5. The van der Waals surface area contributed by atoms with Crippen LogP contribution in [0, 0.1) is 11.8 Å². The van der Waals surface area contributed by atoms with Crippen molar-refractivity contribution in [1.82, 2.24) is 10.2 Å². The first kappa shape index (κ1) is 18.9. The van der Waals surface area contributed by atoms with E-state index in [2.05, 4.69) is 10.6 Å². The highest BCUT2D eigenvalue weighted by molar-refractivity contribution is 6.35. The number of para-hydroxylation sites is 1. The molecule has 1 aromatic carbocycles. The Morgan fingerprint density at radius 1 is 1.29 bits per heavy atom. The van der Waals surface area contributed by atoms with E-state index in [1.165, 1.54) is 4.90 Å². The zero-order chi connectivity index (χ0) is 20.2. The third kappa shape index (κ3) is 2.41. The van der Waals surface area contributed by atoms with E-state index in [1.54, 1.807) is 18.2 Å². The molecule has 3 heterocycles. The maximum absolute atomic E-state index is 13.3. The molecule has 0 aliphatic carbocycles. The number of benzene rings is 1. The summed E-state index contributed by atoms with van der Waals surface area (Å²) in [7, 11) is 0. The molecule has 9 heteroatoms. The van der Waals surface area contributed by atoms with Gasteiger partial charge in [0.05, 0.1) is 22.5 Å². The number of primary amides is 1. The van der Waals surface area contributed by atoms with Gasteiger partial charge in [-0.15, -0.1) is 0 Å². The predicted molar refractivity (Wildman–Crippen MR) is 101 cm³/mol. The Hall–Kier alpha value is -2.45. The summed E-state index contributed by atoms with van der Waals surface area (Å²) < 4.78 is 0. The van der Waals surface area contributed by atoms with E-state index in [4.69, 9.17) is 17.3 Å². The molecule has 1 spiro atoms. The second-order valence-corrected chi connectivity index (χ2v) is 7.94. The molecule has 148 valence electrons. The van der Waals surface area contributed by atoms with Gasteiger partial charge in [-0.3, -0.25) is 29.4 Å². The highest BCUT2D eigenvalue weighted by Gasteiger charge is 2.70. The van der Waals surface area contributed by atoms with Crippen LogP contribution in [0.5, 0.6) is 0 Å². The second-order valence-electron chi connectivity index (χ2n) is 7.53.